The van der Waals surface area contributed by atoms with E-state index in [1.165, 1.54) is 5.56 Å². The van der Waals surface area contributed by atoms with Crippen LogP contribution in [0, 0.1) is 0 Å². The molecule has 4 N–H and O–H groups in total. The lowest BCUT2D eigenvalue weighted by Crippen LogP contribution is -2.32. The molecular formula is C58H90ClN4O9Si+. The number of aryl methyl sites for hydroxylation is 2. The molecular weight excluding hydrogens is 960 g/mol. The van der Waals surface area contributed by atoms with E-state index in [1.54, 1.807) is 12.4 Å². The number of rotatable bonds is 32. The minimum Gasteiger partial charge on any atom is -0.467 e. The molecule has 0 spiro atoms. The largest absolute Gasteiger partial charge is 0.467 e. The summed E-state index contributed by atoms with van der Waals surface area (Å²) in [4.78, 5) is 3.54. The Hall–Kier alpha value is -4.57. The summed E-state index contributed by atoms with van der Waals surface area (Å²) in [6.07, 6.45) is 12.8. The molecule has 0 bridgehead atoms. The average molecular weight is 1050 g/mol. The van der Waals surface area contributed by atoms with E-state index in [1.807, 2.05) is 100 Å². The number of aliphatic hydroxyl groups is 1. The standard InChI is InChI=1S/C25H37NO4.C24H35NO5.C6H15ClSi.C3H3N2/c1-4-23(26-18-22-13-8-10-17-25(22)30-20-28-6-3)15-11-14-21-12-7-9-16-24(21)29-19-27-5-2;1-3-27-18-29-23-14-7-5-10-20(23)12-9-13-22(17-26)25-16-21-11-6-8-15-24(21)30-19-28-4-2;1-6(2,3)8(4,5)7;1-2-5-3-4-1/h7-10,12-13,16-17,23,26H,4-6,11,14-15,18-20H2,1-3H3;5-8,10-11,14-15,22,25-26H,3-4,9,12-13,16-19H2,1-2H3;1-5H3;1-2H,(H,4,5)/q;;;+1. The fourth-order valence-electron chi connectivity index (χ4n) is 6.52. The summed E-state index contributed by atoms with van der Waals surface area (Å²) in [5.74, 6) is 3.47. The second-order valence-electron chi connectivity index (χ2n) is 18.4. The third kappa shape index (κ3) is 29.2. The van der Waals surface area contributed by atoms with Gasteiger partial charge in [-0.3, -0.25) is 0 Å². The van der Waals surface area contributed by atoms with E-state index >= 15 is 0 Å². The molecule has 13 nitrogen and oxygen atoms in total. The van der Waals surface area contributed by atoms with E-state index in [0.717, 1.165) is 91.2 Å². The molecule has 406 valence electrons. The number of aliphatic hydroxyl groups excluding tert-OH is 1. The molecule has 0 amide bonds. The van der Waals surface area contributed by atoms with Gasteiger partial charge in [-0.05, 0) is 118 Å². The molecule has 0 radical (unpaired) electrons. The highest BCUT2D eigenvalue weighted by atomic mass is 35.6. The SMILES string of the molecule is CC(C)(C)[Si](C)(C)Cl.CCOCOc1ccccc1CCCC(CC)NCc1ccccc1OCOCC.CCOCOc1ccccc1CCCC(CO)NCc1ccccc1OCOCC.[C+]1=NC=CN1. The van der Waals surface area contributed by atoms with E-state index in [-0.39, 0.29) is 33.0 Å². The van der Waals surface area contributed by atoms with E-state index in [9.17, 15) is 5.11 Å². The van der Waals surface area contributed by atoms with Gasteiger partial charge >= 0.3 is 0 Å². The van der Waals surface area contributed by atoms with Crippen molar-refractivity contribution in [1.29, 1.82) is 0 Å². The van der Waals surface area contributed by atoms with Gasteiger partial charge in [0.25, 0.3) is 6.34 Å². The van der Waals surface area contributed by atoms with Crippen molar-refractivity contribution in [3.05, 3.63) is 132 Å². The quantitative estimate of drug-likeness (QED) is 0.0122. The zero-order valence-electron chi connectivity index (χ0n) is 45.8. The summed E-state index contributed by atoms with van der Waals surface area (Å²) in [5.41, 5.74) is 4.60. The fraction of sp³-hybridized carbons (Fsp3) is 0.534. The summed E-state index contributed by atoms with van der Waals surface area (Å²) in [6.45, 7) is 26.1. The van der Waals surface area contributed by atoms with Crippen LogP contribution in [0.1, 0.15) is 110 Å². The predicted octanol–water partition coefficient (Wildman–Crippen LogP) is 12.4. The summed E-state index contributed by atoms with van der Waals surface area (Å²) in [7, 11) is -1.39. The second kappa shape index (κ2) is 39.8. The van der Waals surface area contributed by atoms with Crippen LogP contribution in [0.15, 0.2) is 114 Å². The average Bonchev–Trinajstić information content (AvgIpc) is 3.99. The third-order valence-corrected chi connectivity index (χ3v) is 17.2. The minimum absolute atomic E-state index is 0.0152. The summed E-state index contributed by atoms with van der Waals surface area (Å²) >= 11 is 6.15. The number of benzene rings is 4. The second-order valence-corrected chi connectivity index (χ2v) is 25.7. The Labute approximate surface area is 445 Å². The Bertz CT molecular complexity index is 1910. The molecule has 1 heterocycles. The highest BCUT2D eigenvalue weighted by Crippen LogP contribution is 2.38. The van der Waals surface area contributed by atoms with Crippen LogP contribution < -0.4 is 34.9 Å². The van der Waals surface area contributed by atoms with Crippen LogP contribution in [0.3, 0.4) is 0 Å². The van der Waals surface area contributed by atoms with Gasteiger partial charge in [0.1, 0.15) is 23.0 Å². The normalized spacial score (nSPS) is 12.4. The molecule has 1 aliphatic rings. The van der Waals surface area contributed by atoms with E-state index in [2.05, 4.69) is 92.3 Å². The molecule has 0 aliphatic carbocycles. The molecule has 2 unspecified atom stereocenters. The smallest absolute Gasteiger partial charge is 0.252 e. The number of aliphatic imine (C=N–C) groups is 1. The highest BCUT2D eigenvalue weighted by molar-refractivity contribution is 7.20. The van der Waals surface area contributed by atoms with Crippen LogP contribution in [0.5, 0.6) is 23.0 Å². The number of nitrogens with one attached hydrogen (secondary N) is 3. The third-order valence-electron chi connectivity index (χ3n) is 11.9. The summed E-state index contributed by atoms with van der Waals surface area (Å²) in [6, 6.07) is 32.8. The summed E-state index contributed by atoms with van der Waals surface area (Å²) < 4.78 is 44.1. The zero-order chi connectivity index (χ0) is 53.4. The number of para-hydroxylation sites is 4. The lowest BCUT2D eigenvalue weighted by atomic mass is 10.0. The first-order chi connectivity index (χ1) is 35.3. The molecule has 73 heavy (non-hydrogen) atoms. The minimum atomic E-state index is -1.39. The molecule has 0 saturated heterocycles. The number of ether oxygens (including phenoxy) is 8. The van der Waals surface area contributed by atoms with Crippen LogP contribution in [0.4, 0.5) is 0 Å². The van der Waals surface area contributed by atoms with Crippen LogP contribution in [0.2, 0.25) is 18.1 Å². The first-order valence-corrected chi connectivity index (χ1v) is 30.1. The molecule has 1 aliphatic heterocycles. The van der Waals surface area contributed by atoms with Gasteiger partial charge in [-0.2, -0.15) is 16.4 Å². The van der Waals surface area contributed by atoms with Crippen molar-refractivity contribution in [2.24, 2.45) is 4.99 Å². The first kappa shape index (κ1) is 64.5. The molecule has 15 heteroatoms. The monoisotopic (exact) mass is 1050 g/mol. The Balaban J connectivity index is 0.000000400. The van der Waals surface area contributed by atoms with Gasteiger partial charge in [0.2, 0.25) is 6.20 Å². The van der Waals surface area contributed by atoms with Crippen molar-refractivity contribution >= 4 is 24.8 Å². The molecule has 0 fully saturated rings. The zero-order valence-corrected chi connectivity index (χ0v) is 47.6. The maximum atomic E-state index is 9.79. The molecule has 0 saturated carbocycles. The molecule has 0 aromatic heterocycles. The van der Waals surface area contributed by atoms with Crippen LogP contribution >= 0.6 is 11.1 Å². The molecule has 4 aromatic carbocycles. The van der Waals surface area contributed by atoms with Crippen molar-refractivity contribution < 1.29 is 43.0 Å². The Morgan fingerprint density at radius 2 is 0.918 bits per heavy atom. The van der Waals surface area contributed by atoms with Gasteiger partial charge in [0.15, 0.2) is 40.8 Å². The van der Waals surface area contributed by atoms with Crippen molar-refractivity contribution in [2.75, 3.05) is 60.2 Å². The van der Waals surface area contributed by atoms with Crippen molar-refractivity contribution in [3.8, 4) is 23.0 Å². The van der Waals surface area contributed by atoms with Crippen molar-refractivity contribution in [3.63, 3.8) is 0 Å². The van der Waals surface area contributed by atoms with Gasteiger partial charge in [-0.25, -0.2) is 0 Å². The van der Waals surface area contributed by atoms with E-state index in [4.69, 9.17) is 49.0 Å². The van der Waals surface area contributed by atoms with Gasteiger partial charge in [0.05, 0.1) is 6.61 Å². The van der Waals surface area contributed by atoms with Gasteiger partial charge < -0.3 is 53.6 Å². The van der Waals surface area contributed by atoms with Crippen LogP contribution in [-0.4, -0.2) is 91.1 Å². The maximum absolute atomic E-state index is 9.79. The molecule has 5 rings (SSSR count). The number of hydrogen-bond donors (Lipinski definition) is 4. The fourth-order valence-corrected chi connectivity index (χ4v) is 6.52. The molecule has 2 atom stereocenters. The number of hydrogen-bond acceptors (Lipinski definition) is 13. The lowest BCUT2D eigenvalue weighted by Gasteiger charge is -2.29. The predicted molar refractivity (Wildman–Crippen MR) is 302 cm³/mol. The van der Waals surface area contributed by atoms with Crippen LogP contribution in [0.25, 0.3) is 0 Å². The van der Waals surface area contributed by atoms with Crippen LogP contribution in [-0.2, 0) is 44.9 Å². The summed E-state index contributed by atoms with van der Waals surface area (Å²) in [5, 5.41) is 19.9. The topological polar surface area (TPSA) is 143 Å². The molecule has 4 aromatic rings. The van der Waals surface area contributed by atoms with Gasteiger partial charge in [-0.15, -0.1) is 0 Å². The Morgan fingerprint density at radius 3 is 1.22 bits per heavy atom. The van der Waals surface area contributed by atoms with Crippen molar-refractivity contribution in [1.82, 2.24) is 16.0 Å². The van der Waals surface area contributed by atoms with Gasteiger partial charge in [0, 0.05) is 62.7 Å². The Kier molecular flexibility index (Phi) is 35.2. The van der Waals surface area contributed by atoms with E-state index in [0.29, 0.717) is 50.8 Å². The van der Waals surface area contributed by atoms with Gasteiger partial charge in [-0.1, -0.05) is 114 Å². The Morgan fingerprint density at radius 1 is 0.575 bits per heavy atom. The van der Waals surface area contributed by atoms with Crippen molar-refractivity contribution in [2.45, 2.75) is 144 Å². The first-order valence-electron chi connectivity index (χ1n) is 26.1. The highest BCUT2D eigenvalue weighted by Gasteiger charge is 2.32. The number of nitrogens with zero attached hydrogens (tertiary/aromatic N) is 1. The van der Waals surface area contributed by atoms with E-state index < -0.39 is 7.38 Å². The number of halogens is 1. The lowest BCUT2D eigenvalue weighted by molar-refractivity contribution is 0.0215. The maximum Gasteiger partial charge on any atom is 0.252 e.